The summed E-state index contributed by atoms with van der Waals surface area (Å²) in [7, 11) is 0. The molecule has 0 bridgehead atoms. The zero-order chi connectivity index (χ0) is 38.3. The summed E-state index contributed by atoms with van der Waals surface area (Å²) in [4.78, 5) is 2.50. The molecule has 0 radical (unpaired) electrons. The number of anilines is 2. The van der Waals surface area contributed by atoms with Gasteiger partial charge in [0.2, 0.25) is 0 Å². The smallest absolute Gasteiger partial charge is 0.0487 e. The Morgan fingerprint density at radius 3 is 1.47 bits per heavy atom. The second-order valence-corrected chi connectivity index (χ2v) is 15.7. The van der Waals surface area contributed by atoms with Crippen molar-refractivity contribution in [3.8, 4) is 55.6 Å². The third-order valence-electron chi connectivity index (χ3n) is 12.0. The van der Waals surface area contributed by atoms with Crippen LogP contribution in [0.3, 0.4) is 0 Å². The fraction of sp³-hybridized carbons (Fsp3) is 0.0714. The molecular weight excluding hydrogens is 687 g/mol. The average Bonchev–Trinajstić information content (AvgIpc) is 3.51. The van der Waals surface area contributed by atoms with E-state index in [1.807, 2.05) is 0 Å². The molecule has 1 aliphatic carbocycles. The monoisotopic (exact) mass is 729 g/mol. The molecular formula is C56H43N. The van der Waals surface area contributed by atoms with E-state index >= 15 is 0 Å². The Hall–Kier alpha value is -6.96. The minimum absolute atomic E-state index is 0.198. The average molecular weight is 730 g/mol. The van der Waals surface area contributed by atoms with E-state index in [0.717, 1.165) is 5.69 Å². The van der Waals surface area contributed by atoms with Gasteiger partial charge in [0.05, 0.1) is 0 Å². The molecule has 1 nitrogen and oxygen atoms in total. The summed E-state index contributed by atoms with van der Waals surface area (Å²) in [6.07, 6.45) is 0. The van der Waals surface area contributed by atoms with Crippen molar-refractivity contribution in [3.63, 3.8) is 0 Å². The molecule has 0 saturated carbocycles. The van der Waals surface area contributed by atoms with Crippen LogP contribution in [-0.4, -0.2) is 0 Å². The Morgan fingerprint density at radius 1 is 0.351 bits per heavy atom. The van der Waals surface area contributed by atoms with Crippen LogP contribution in [0.15, 0.2) is 212 Å². The Morgan fingerprint density at radius 2 is 0.825 bits per heavy atom. The van der Waals surface area contributed by atoms with Gasteiger partial charge in [-0.15, -0.1) is 0 Å². The second kappa shape index (κ2) is 14.3. The van der Waals surface area contributed by atoms with Crippen LogP contribution >= 0.6 is 0 Å². The van der Waals surface area contributed by atoms with E-state index < -0.39 is 0 Å². The summed E-state index contributed by atoms with van der Waals surface area (Å²) in [6, 6.07) is 77.7. The summed E-state index contributed by atoms with van der Waals surface area (Å²) >= 11 is 0. The van der Waals surface area contributed by atoms with Crippen LogP contribution in [0.2, 0.25) is 0 Å². The van der Waals surface area contributed by atoms with Crippen LogP contribution in [0.1, 0.15) is 30.5 Å². The Kier molecular flexibility index (Phi) is 8.65. The van der Waals surface area contributed by atoms with E-state index in [9.17, 15) is 0 Å². The van der Waals surface area contributed by atoms with Gasteiger partial charge in [0.25, 0.3) is 0 Å². The van der Waals surface area contributed by atoms with Crippen LogP contribution < -0.4 is 4.90 Å². The molecule has 0 unspecified atom stereocenters. The van der Waals surface area contributed by atoms with Gasteiger partial charge in [0, 0.05) is 23.3 Å². The van der Waals surface area contributed by atoms with Crippen LogP contribution in [0.4, 0.5) is 11.4 Å². The highest BCUT2D eigenvalue weighted by Crippen LogP contribution is 2.54. The molecule has 272 valence electrons. The molecule has 0 fully saturated rings. The highest BCUT2D eigenvalue weighted by atomic mass is 15.1. The van der Waals surface area contributed by atoms with E-state index in [4.69, 9.17) is 0 Å². The Labute approximate surface area is 336 Å². The molecule has 0 aromatic heterocycles. The van der Waals surface area contributed by atoms with Crippen molar-refractivity contribution >= 4 is 22.1 Å². The van der Waals surface area contributed by atoms with Gasteiger partial charge in [-0.3, -0.25) is 0 Å². The van der Waals surface area contributed by atoms with Gasteiger partial charge >= 0.3 is 0 Å². The van der Waals surface area contributed by atoms with Crippen LogP contribution in [-0.2, 0) is 12.0 Å². The van der Waals surface area contributed by atoms with Gasteiger partial charge in [-0.2, -0.15) is 0 Å². The highest BCUT2D eigenvalue weighted by Gasteiger charge is 2.38. The summed E-state index contributed by atoms with van der Waals surface area (Å²) in [6.45, 7) is 5.53. The largest absolute Gasteiger partial charge is 0.337 e. The number of benzene rings is 9. The quantitative estimate of drug-likeness (QED) is 0.151. The molecule has 0 spiro atoms. The molecule has 9 aromatic carbocycles. The first-order valence-corrected chi connectivity index (χ1v) is 20.0. The van der Waals surface area contributed by atoms with E-state index in [0.29, 0.717) is 6.54 Å². The lowest BCUT2D eigenvalue weighted by atomic mass is 9.79. The van der Waals surface area contributed by atoms with Gasteiger partial charge in [-0.25, -0.2) is 0 Å². The van der Waals surface area contributed by atoms with Gasteiger partial charge in [0.1, 0.15) is 0 Å². The van der Waals surface area contributed by atoms with Crippen molar-refractivity contribution in [1.82, 2.24) is 0 Å². The number of nitrogens with zero attached hydrogens (tertiary/aromatic N) is 1. The standard InChI is InChI=1S/C56H43N/c1-56(2)54-36-47(34-35-50(54)53-37-52(43-20-10-5-11-21-43)49-24-14-15-25-51(49)55(53)56)57(46-32-30-42(31-33-46)40-18-8-4-9-19-40)38-45-22-12-13-23-48(45)44-28-26-41(27-29-44)39-16-6-3-7-17-39/h3-37H,38H2,1-2H3. The lowest BCUT2D eigenvalue weighted by molar-refractivity contribution is 0.666. The third-order valence-corrected chi connectivity index (χ3v) is 12.0. The summed E-state index contributed by atoms with van der Waals surface area (Å²) in [5.74, 6) is 0. The molecule has 57 heavy (non-hydrogen) atoms. The molecule has 1 aliphatic rings. The van der Waals surface area contributed by atoms with E-state index in [1.54, 1.807) is 0 Å². The lowest BCUT2D eigenvalue weighted by Gasteiger charge is -2.29. The predicted molar refractivity (Wildman–Crippen MR) is 242 cm³/mol. The normalized spacial score (nSPS) is 12.6. The highest BCUT2D eigenvalue weighted by molar-refractivity contribution is 6.06. The molecule has 0 N–H and O–H groups in total. The minimum atomic E-state index is -0.198. The molecule has 0 heterocycles. The second-order valence-electron chi connectivity index (χ2n) is 15.7. The molecule has 0 saturated heterocycles. The first-order valence-electron chi connectivity index (χ1n) is 20.0. The van der Waals surface area contributed by atoms with Crippen LogP contribution in [0.25, 0.3) is 66.4 Å². The van der Waals surface area contributed by atoms with Gasteiger partial charge in [-0.1, -0.05) is 196 Å². The Bertz CT molecular complexity index is 2850. The van der Waals surface area contributed by atoms with E-state index in [1.165, 1.54) is 88.8 Å². The zero-order valence-electron chi connectivity index (χ0n) is 32.4. The summed E-state index contributed by atoms with van der Waals surface area (Å²) < 4.78 is 0. The molecule has 9 aromatic rings. The topological polar surface area (TPSA) is 3.24 Å². The fourth-order valence-corrected chi connectivity index (χ4v) is 9.08. The first kappa shape index (κ1) is 34.5. The SMILES string of the molecule is CC1(C)c2cc(N(Cc3ccccc3-c3ccc(-c4ccccc4)cc3)c3ccc(-c4ccccc4)cc3)ccc2-c2cc(-c3ccccc3)c3ccccc3c21. The number of rotatable bonds is 8. The van der Waals surface area contributed by atoms with Crippen molar-refractivity contribution < 1.29 is 0 Å². The van der Waals surface area contributed by atoms with Gasteiger partial charge in [0.15, 0.2) is 0 Å². The summed E-state index contributed by atoms with van der Waals surface area (Å²) in [5, 5.41) is 2.63. The number of hydrogen-bond acceptors (Lipinski definition) is 1. The maximum Gasteiger partial charge on any atom is 0.0487 e. The summed E-state index contributed by atoms with van der Waals surface area (Å²) in [5.41, 5.74) is 18.7. The van der Waals surface area contributed by atoms with Crippen molar-refractivity contribution in [2.45, 2.75) is 25.8 Å². The van der Waals surface area contributed by atoms with Crippen molar-refractivity contribution in [3.05, 3.63) is 229 Å². The van der Waals surface area contributed by atoms with Crippen LogP contribution in [0, 0.1) is 0 Å². The maximum absolute atomic E-state index is 2.50. The van der Waals surface area contributed by atoms with E-state index in [2.05, 4.69) is 231 Å². The molecule has 10 rings (SSSR count). The first-order chi connectivity index (χ1) is 28.0. The third kappa shape index (κ3) is 6.22. The maximum atomic E-state index is 2.50. The van der Waals surface area contributed by atoms with Gasteiger partial charge in [-0.05, 0) is 113 Å². The molecule has 0 aliphatic heterocycles. The van der Waals surface area contributed by atoms with Crippen LogP contribution in [0.5, 0.6) is 0 Å². The minimum Gasteiger partial charge on any atom is -0.337 e. The number of hydrogen-bond donors (Lipinski definition) is 0. The fourth-order valence-electron chi connectivity index (χ4n) is 9.08. The van der Waals surface area contributed by atoms with E-state index in [-0.39, 0.29) is 5.41 Å². The van der Waals surface area contributed by atoms with Gasteiger partial charge < -0.3 is 4.90 Å². The van der Waals surface area contributed by atoms with Crippen molar-refractivity contribution in [2.24, 2.45) is 0 Å². The molecule has 0 amide bonds. The predicted octanol–water partition coefficient (Wildman–Crippen LogP) is 15.2. The Balaban J connectivity index is 1.09. The van der Waals surface area contributed by atoms with Crippen molar-refractivity contribution in [1.29, 1.82) is 0 Å². The molecule has 0 atom stereocenters. The van der Waals surface area contributed by atoms with Crippen molar-refractivity contribution in [2.75, 3.05) is 4.90 Å². The number of fused-ring (bicyclic) bond motifs is 5. The molecule has 1 heteroatoms. The lowest BCUT2D eigenvalue weighted by Crippen LogP contribution is -2.19. The zero-order valence-corrected chi connectivity index (χ0v) is 32.4.